The molecule has 2 amide bonds. The van der Waals surface area contributed by atoms with Gasteiger partial charge in [0.2, 0.25) is 5.91 Å². The van der Waals surface area contributed by atoms with Crippen LogP contribution in [-0.4, -0.2) is 35.5 Å². The predicted molar refractivity (Wildman–Crippen MR) is 65.7 cm³/mol. The van der Waals surface area contributed by atoms with Crippen molar-refractivity contribution in [3.05, 3.63) is 12.7 Å². The predicted octanol–water partition coefficient (Wildman–Crippen LogP) is 2.84. The minimum Gasteiger partial charge on any atom is -0.447 e. The summed E-state index contributed by atoms with van der Waals surface area (Å²) in [6.45, 7) is 8.03. The third-order valence-corrected chi connectivity index (χ3v) is 3.33. The van der Waals surface area contributed by atoms with Gasteiger partial charge in [0.15, 0.2) is 0 Å². The van der Waals surface area contributed by atoms with Gasteiger partial charge in [-0.25, -0.2) is 18.5 Å². The second kappa shape index (κ2) is 5.67. The molecular formula is C13H19F2NO3. The summed E-state index contributed by atoms with van der Waals surface area (Å²) in [5.74, 6) is -5.75. The summed E-state index contributed by atoms with van der Waals surface area (Å²) in [7, 11) is 0. The number of carbonyl (C=O) groups excluding carboxylic acids is 2. The zero-order valence-corrected chi connectivity index (χ0v) is 11.4. The monoisotopic (exact) mass is 275 g/mol. The van der Waals surface area contributed by atoms with Crippen molar-refractivity contribution in [1.29, 1.82) is 0 Å². The van der Waals surface area contributed by atoms with E-state index in [9.17, 15) is 18.4 Å². The Morgan fingerprint density at radius 2 is 2.16 bits per heavy atom. The number of hydrogen-bond acceptors (Lipinski definition) is 3. The summed E-state index contributed by atoms with van der Waals surface area (Å²) in [6, 6.07) is -0.484. The third-order valence-electron chi connectivity index (χ3n) is 3.33. The zero-order valence-electron chi connectivity index (χ0n) is 11.4. The quantitative estimate of drug-likeness (QED) is 0.725. The highest BCUT2D eigenvalue weighted by Gasteiger charge is 2.48. The molecule has 0 radical (unpaired) electrons. The van der Waals surface area contributed by atoms with Crippen LogP contribution in [0.5, 0.6) is 0 Å². The Hall–Kier alpha value is -1.46. The lowest BCUT2D eigenvalue weighted by Gasteiger charge is -2.28. The molecule has 6 heteroatoms. The van der Waals surface area contributed by atoms with E-state index in [1.54, 1.807) is 13.8 Å². The summed E-state index contributed by atoms with van der Waals surface area (Å²) in [5, 5.41) is 0. The normalized spacial score (nSPS) is 21.5. The molecule has 0 bridgehead atoms. The van der Waals surface area contributed by atoms with E-state index < -0.39 is 36.3 Å². The van der Waals surface area contributed by atoms with Gasteiger partial charge >= 0.3 is 6.09 Å². The van der Waals surface area contributed by atoms with Crippen molar-refractivity contribution in [2.75, 3.05) is 6.61 Å². The van der Waals surface area contributed by atoms with E-state index in [2.05, 4.69) is 6.58 Å². The van der Waals surface area contributed by atoms with Gasteiger partial charge in [-0.15, -0.1) is 6.58 Å². The van der Waals surface area contributed by atoms with Gasteiger partial charge < -0.3 is 4.74 Å². The highest BCUT2D eigenvalue weighted by Crippen LogP contribution is 2.32. The summed E-state index contributed by atoms with van der Waals surface area (Å²) >= 11 is 0. The summed E-state index contributed by atoms with van der Waals surface area (Å²) < 4.78 is 32.2. The number of carbonyl (C=O) groups is 2. The van der Waals surface area contributed by atoms with Crippen molar-refractivity contribution < 1.29 is 23.1 Å². The lowest BCUT2D eigenvalue weighted by Crippen LogP contribution is -2.48. The third kappa shape index (κ3) is 3.11. The van der Waals surface area contributed by atoms with Crippen molar-refractivity contribution >= 4 is 12.0 Å². The van der Waals surface area contributed by atoms with Crippen molar-refractivity contribution in [2.24, 2.45) is 11.8 Å². The Bertz CT molecular complexity index is 382. The second-order valence-corrected chi connectivity index (χ2v) is 5.07. The number of ether oxygens (including phenoxy) is 1. The molecule has 0 saturated carbocycles. The molecule has 0 aromatic rings. The van der Waals surface area contributed by atoms with Gasteiger partial charge in [0.25, 0.3) is 5.92 Å². The molecule has 1 rings (SSSR count). The van der Waals surface area contributed by atoms with Crippen LogP contribution in [0.2, 0.25) is 0 Å². The largest absolute Gasteiger partial charge is 0.447 e. The van der Waals surface area contributed by atoms with Crippen LogP contribution in [0.3, 0.4) is 0 Å². The fourth-order valence-corrected chi connectivity index (χ4v) is 1.94. The Kier molecular flexibility index (Phi) is 4.66. The number of allylic oxidation sites excluding steroid dienone is 1. The fraction of sp³-hybridized carbons (Fsp3) is 0.692. The van der Waals surface area contributed by atoms with Crippen LogP contribution in [0.15, 0.2) is 12.7 Å². The molecule has 0 aromatic heterocycles. The van der Waals surface area contributed by atoms with Gasteiger partial charge in [0, 0.05) is 6.42 Å². The minimum atomic E-state index is -3.22. The van der Waals surface area contributed by atoms with Gasteiger partial charge in [-0.05, 0) is 12.8 Å². The van der Waals surface area contributed by atoms with Gasteiger partial charge in [-0.3, -0.25) is 4.79 Å². The lowest BCUT2D eigenvalue weighted by atomic mass is 9.97. The van der Waals surface area contributed by atoms with E-state index in [-0.39, 0.29) is 12.5 Å². The maximum Gasteiger partial charge on any atom is 0.416 e. The molecule has 108 valence electrons. The number of halogens is 2. The van der Waals surface area contributed by atoms with Gasteiger partial charge in [0.1, 0.15) is 6.61 Å². The van der Waals surface area contributed by atoms with Crippen LogP contribution < -0.4 is 0 Å². The molecule has 1 fully saturated rings. The minimum absolute atomic E-state index is 0.0457. The first-order valence-corrected chi connectivity index (χ1v) is 6.21. The maximum absolute atomic E-state index is 13.7. The molecule has 1 heterocycles. The molecule has 0 unspecified atom stereocenters. The molecule has 4 nitrogen and oxygen atoms in total. The van der Waals surface area contributed by atoms with E-state index in [0.29, 0.717) is 0 Å². The number of nitrogens with zero attached hydrogens (tertiary/aromatic N) is 1. The summed E-state index contributed by atoms with van der Waals surface area (Å²) in [4.78, 5) is 24.5. The van der Waals surface area contributed by atoms with E-state index in [1.807, 2.05) is 0 Å². The molecule has 1 saturated heterocycles. The Balaban J connectivity index is 2.91. The number of amides is 2. The number of cyclic esters (lactones) is 1. The number of imide groups is 1. The first kappa shape index (κ1) is 15.6. The molecular weight excluding hydrogens is 256 g/mol. The maximum atomic E-state index is 13.7. The molecule has 0 N–H and O–H groups in total. The van der Waals surface area contributed by atoms with Gasteiger partial charge in [0.05, 0.1) is 12.0 Å². The van der Waals surface area contributed by atoms with Crippen LogP contribution in [0.1, 0.15) is 27.2 Å². The van der Waals surface area contributed by atoms with E-state index in [0.717, 1.165) is 17.9 Å². The number of rotatable bonds is 5. The molecule has 0 spiro atoms. The summed E-state index contributed by atoms with van der Waals surface area (Å²) in [6.07, 6.45) is -0.383. The van der Waals surface area contributed by atoms with Crippen LogP contribution in [0, 0.1) is 11.8 Å². The fourth-order valence-electron chi connectivity index (χ4n) is 1.94. The second-order valence-electron chi connectivity index (χ2n) is 5.07. The molecule has 19 heavy (non-hydrogen) atoms. The average Bonchev–Trinajstić information content (AvgIpc) is 2.69. The number of hydrogen-bond donors (Lipinski definition) is 0. The van der Waals surface area contributed by atoms with Crippen molar-refractivity contribution in [2.45, 2.75) is 39.2 Å². The van der Waals surface area contributed by atoms with Gasteiger partial charge in [-0.1, -0.05) is 19.9 Å². The molecule has 0 aromatic carbocycles. The van der Waals surface area contributed by atoms with E-state index in [1.165, 1.54) is 0 Å². The van der Waals surface area contributed by atoms with Crippen LogP contribution in [0.25, 0.3) is 0 Å². The summed E-state index contributed by atoms with van der Waals surface area (Å²) in [5.41, 5.74) is 0. The van der Waals surface area contributed by atoms with E-state index in [4.69, 9.17) is 4.74 Å². The molecule has 0 aliphatic carbocycles. The lowest BCUT2D eigenvalue weighted by molar-refractivity contribution is -0.146. The topological polar surface area (TPSA) is 46.6 Å². The van der Waals surface area contributed by atoms with Crippen molar-refractivity contribution in [3.8, 4) is 0 Å². The molecule has 2 atom stereocenters. The highest BCUT2D eigenvalue weighted by molar-refractivity contribution is 5.95. The zero-order chi connectivity index (χ0) is 14.8. The first-order valence-electron chi connectivity index (χ1n) is 6.21. The smallest absolute Gasteiger partial charge is 0.416 e. The number of alkyl halides is 2. The van der Waals surface area contributed by atoms with E-state index >= 15 is 0 Å². The SMILES string of the molecule is C=CCC(F)(F)[C@@H](C)C(=O)N1C(=O)OC[C@@H]1C(C)C. The van der Waals surface area contributed by atoms with Crippen LogP contribution in [-0.2, 0) is 9.53 Å². The Morgan fingerprint density at radius 1 is 1.58 bits per heavy atom. The molecule has 1 aliphatic rings. The van der Waals surface area contributed by atoms with Gasteiger partial charge in [-0.2, -0.15) is 0 Å². The average molecular weight is 275 g/mol. The molecule has 1 aliphatic heterocycles. The first-order chi connectivity index (χ1) is 8.72. The highest BCUT2D eigenvalue weighted by atomic mass is 19.3. The van der Waals surface area contributed by atoms with Crippen molar-refractivity contribution in [1.82, 2.24) is 4.90 Å². The Morgan fingerprint density at radius 3 is 2.63 bits per heavy atom. The standard InChI is InChI=1S/C13H19F2NO3/c1-5-6-13(14,15)9(4)11(17)16-10(8(2)3)7-19-12(16)18/h5,8-10H,1,6-7H2,2-4H3/t9-,10+/m0/s1. The van der Waals surface area contributed by atoms with Crippen LogP contribution >= 0.6 is 0 Å². The van der Waals surface area contributed by atoms with Crippen LogP contribution in [0.4, 0.5) is 13.6 Å². The van der Waals surface area contributed by atoms with Crippen molar-refractivity contribution in [3.63, 3.8) is 0 Å². The Labute approximate surface area is 111 Å².